The average Bonchev–Trinajstić information content (AvgIpc) is 2.51. The monoisotopic (exact) mass is 315 g/mol. The first-order valence-corrected chi connectivity index (χ1v) is 7.25. The zero-order chi connectivity index (χ0) is 16.8. The van der Waals surface area contributed by atoms with Gasteiger partial charge >= 0.3 is 0 Å². The Morgan fingerprint density at radius 1 is 1.39 bits per heavy atom. The van der Waals surface area contributed by atoms with E-state index < -0.39 is 0 Å². The number of nitrogens with zero attached hydrogens (tertiary/aromatic N) is 2. The number of anilines is 1. The third kappa shape index (κ3) is 4.60. The highest BCUT2D eigenvalue weighted by Gasteiger charge is 2.07. The van der Waals surface area contributed by atoms with Crippen molar-refractivity contribution in [2.24, 2.45) is 0 Å². The van der Waals surface area contributed by atoms with Crippen molar-refractivity contribution in [3.8, 4) is 0 Å². The number of nitrogens with one attached hydrogen (secondary N) is 1. The highest BCUT2D eigenvalue weighted by Crippen LogP contribution is 2.25. The third-order valence-electron chi connectivity index (χ3n) is 3.45. The molecule has 0 bridgehead atoms. The molecule has 1 aromatic carbocycles. The smallest absolute Gasteiger partial charge is 0.205 e. The van der Waals surface area contributed by atoms with Crippen molar-refractivity contribution in [2.75, 3.05) is 18.4 Å². The molecular formula is C17H18FN3O2. The molecule has 1 aromatic heterocycles. The lowest BCUT2D eigenvalue weighted by Crippen LogP contribution is -2.09. The molecule has 0 aliphatic heterocycles. The minimum atomic E-state index is -0.340. The highest BCUT2D eigenvalue weighted by atomic mass is 19.1. The van der Waals surface area contributed by atoms with Crippen molar-refractivity contribution in [2.45, 2.75) is 13.3 Å². The molecule has 0 saturated carbocycles. The summed E-state index contributed by atoms with van der Waals surface area (Å²) in [5.41, 5.74) is 3.31. The van der Waals surface area contributed by atoms with E-state index in [0.29, 0.717) is 18.8 Å². The topological polar surface area (TPSA) is 68.1 Å². The van der Waals surface area contributed by atoms with E-state index in [9.17, 15) is 14.5 Å². The first kappa shape index (κ1) is 16.6. The molecule has 1 heterocycles. The van der Waals surface area contributed by atoms with Gasteiger partial charge in [-0.05, 0) is 47.9 Å². The van der Waals surface area contributed by atoms with Crippen LogP contribution in [-0.4, -0.2) is 23.0 Å². The predicted octanol–water partition coefficient (Wildman–Crippen LogP) is 3.67. The lowest BCUT2D eigenvalue weighted by atomic mass is 9.97. The first-order chi connectivity index (χ1) is 11.0. The van der Waals surface area contributed by atoms with E-state index in [1.807, 2.05) is 13.0 Å². The highest BCUT2D eigenvalue weighted by molar-refractivity contribution is 5.79. The Labute approximate surface area is 134 Å². The lowest BCUT2D eigenvalue weighted by molar-refractivity contribution is -0.479. The van der Waals surface area contributed by atoms with Crippen LogP contribution in [0.2, 0.25) is 0 Å². The van der Waals surface area contributed by atoms with Gasteiger partial charge in [0.2, 0.25) is 6.54 Å². The van der Waals surface area contributed by atoms with Gasteiger partial charge in [0.15, 0.2) is 0 Å². The fourth-order valence-corrected chi connectivity index (χ4v) is 2.22. The molecule has 0 atom stereocenters. The van der Waals surface area contributed by atoms with Gasteiger partial charge in [0.1, 0.15) is 11.6 Å². The maximum Gasteiger partial charge on any atom is 0.205 e. The van der Waals surface area contributed by atoms with Crippen LogP contribution < -0.4 is 5.32 Å². The number of halogens is 1. The second-order valence-electron chi connectivity index (χ2n) is 5.21. The quantitative estimate of drug-likeness (QED) is 0.481. The van der Waals surface area contributed by atoms with E-state index in [-0.39, 0.29) is 17.3 Å². The maximum atomic E-state index is 13.2. The summed E-state index contributed by atoms with van der Waals surface area (Å²) in [7, 11) is 0. The Hall–Kier alpha value is -2.76. The number of benzene rings is 1. The summed E-state index contributed by atoms with van der Waals surface area (Å²) in [6.45, 7) is 6.32. The number of aromatic nitrogens is 1. The number of hydrogen-bond donors (Lipinski definition) is 1. The average molecular weight is 315 g/mol. The van der Waals surface area contributed by atoms with E-state index >= 15 is 0 Å². The van der Waals surface area contributed by atoms with Gasteiger partial charge in [0, 0.05) is 29.6 Å². The van der Waals surface area contributed by atoms with Gasteiger partial charge in [-0.25, -0.2) is 9.37 Å². The number of aryl methyl sites for hydroxylation is 1. The Bertz CT molecular complexity index is 714. The summed E-state index contributed by atoms with van der Waals surface area (Å²) in [6, 6.07) is 8.25. The van der Waals surface area contributed by atoms with Gasteiger partial charge in [-0.15, -0.1) is 0 Å². The minimum absolute atomic E-state index is 0.0638. The Morgan fingerprint density at radius 3 is 2.78 bits per heavy atom. The fourth-order valence-electron chi connectivity index (χ4n) is 2.22. The van der Waals surface area contributed by atoms with Crippen LogP contribution >= 0.6 is 0 Å². The molecule has 6 heteroatoms. The van der Waals surface area contributed by atoms with Crippen molar-refractivity contribution in [1.82, 2.24) is 4.98 Å². The van der Waals surface area contributed by atoms with Gasteiger partial charge in [0.25, 0.3) is 0 Å². The van der Waals surface area contributed by atoms with Gasteiger partial charge in [-0.3, -0.25) is 10.1 Å². The molecule has 0 unspecified atom stereocenters. The minimum Gasteiger partial charge on any atom is -0.370 e. The van der Waals surface area contributed by atoms with E-state index in [2.05, 4.69) is 16.9 Å². The van der Waals surface area contributed by atoms with Gasteiger partial charge in [0.05, 0.1) is 0 Å². The lowest BCUT2D eigenvalue weighted by Gasteiger charge is -2.10. The van der Waals surface area contributed by atoms with Crippen LogP contribution in [0, 0.1) is 22.9 Å². The Balaban J connectivity index is 2.01. The number of rotatable bonds is 7. The summed E-state index contributed by atoms with van der Waals surface area (Å²) in [6.07, 6.45) is 2.12. The third-order valence-corrected chi connectivity index (χ3v) is 3.45. The largest absolute Gasteiger partial charge is 0.370 e. The summed E-state index contributed by atoms with van der Waals surface area (Å²) in [5.74, 6) is 0.382. The molecule has 0 aliphatic carbocycles. The normalized spacial score (nSPS) is 10.3. The number of pyridine rings is 1. The summed E-state index contributed by atoms with van der Waals surface area (Å²) >= 11 is 0. The van der Waals surface area contributed by atoms with Gasteiger partial charge in [-0.1, -0.05) is 12.6 Å². The molecule has 5 nitrogen and oxygen atoms in total. The molecule has 0 saturated heterocycles. The zero-order valence-corrected chi connectivity index (χ0v) is 12.9. The molecule has 1 N–H and O–H groups in total. The molecule has 0 spiro atoms. The number of nitro groups is 1. The molecular weight excluding hydrogens is 297 g/mol. The molecule has 0 fully saturated rings. The van der Waals surface area contributed by atoms with Crippen molar-refractivity contribution < 1.29 is 9.31 Å². The summed E-state index contributed by atoms with van der Waals surface area (Å²) in [5, 5.41) is 13.3. The van der Waals surface area contributed by atoms with Crippen molar-refractivity contribution in [3.63, 3.8) is 0 Å². The summed E-state index contributed by atoms with van der Waals surface area (Å²) < 4.78 is 13.2. The van der Waals surface area contributed by atoms with Crippen LogP contribution in [0.15, 0.2) is 43.1 Å². The van der Waals surface area contributed by atoms with Crippen LogP contribution in [0.1, 0.15) is 23.1 Å². The van der Waals surface area contributed by atoms with Crippen LogP contribution in [0.3, 0.4) is 0 Å². The van der Waals surface area contributed by atoms with Gasteiger partial charge < -0.3 is 5.32 Å². The van der Waals surface area contributed by atoms with Crippen LogP contribution in [0.25, 0.3) is 5.57 Å². The van der Waals surface area contributed by atoms with Crippen LogP contribution in [0.5, 0.6) is 0 Å². The fraction of sp³-hybridized carbons (Fsp3) is 0.235. The van der Waals surface area contributed by atoms with E-state index in [4.69, 9.17) is 0 Å². The zero-order valence-electron chi connectivity index (χ0n) is 12.9. The molecule has 0 amide bonds. The van der Waals surface area contributed by atoms with Crippen molar-refractivity contribution >= 4 is 11.4 Å². The van der Waals surface area contributed by atoms with E-state index in [0.717, 1.165) is 22.3 Å². The molecule has 2 aromatic rings. The van der Waals surface area contributed by atoms with E-state index in [1.165, 1.54) is 12.1 Å². The van der Waals surface area contributed by atoms with Crippen molar-refractivity contribution in [1.29, 1.82) is 0 Å². The number of hydrogen-bond acceptors (Lipinski definition) is 4. The SMILES string of the molecule is C=C(c1ccc(NCCC[N+](=O)[O-])nc1)c1ccc(F)cc1C. The summed E-state index contributed by atoms with van der Waals surface area (Å²) in [4.78, 5) is 14.2. The maximum absolute atomic E-state index is 13.2. The molecule has 23 heavy (non-hydrogen) atoms. The second kappa shape index (κ2) is 7.49. The Morgan fingerprint density at radius 2 is 2.17 bits per heavy atom. The van der Waals surface area contributed by atoms with Crippen LogP contribution in [-0.2, 0) is 0 Å². The molecule has 2 rings (SSSR count). The molecule has 0 aliphatic rings. The first-order valence-electron chi connectivity index (χ1n) is 7.25. The second-order valence-corrected chi connectivity index (χ2v) is 5.21. The van der Waals surface area contributed by atoms with E-state index in [1.54, 1.807) is 18.3 Å². The van der Waals surface area contributed by atoms with Crippen LogP contribution in [0.4, 0.5) is 10.2 Å². The van der Waals surface area contributed by atoms with Crippen molar-refractivity contribution in [3.05, 3.63) is 75.7 Å². The standard InChI is InChI=1S/C17H18FN3O2/c1-12-10-15(18)5-6-16(12)13(2)14-4-7-17(20-11-14)19-8-3-9-21(22)23/h4-7,10-11H,2-3,8-9H2,1H3,(H,19,20). The predicted molar refractivity (Wildman–Crippen MR) is 88.5 cm³/mol. The Kier molecular flexibility index (Phi) is 5.41. The molecule has 0 radical (unpaired) electrons. The van der Waals surface area contributed by atoms with Gasteiger partial charge in [-0.2, -0.15) is 0 Å². The molecule has 120 valence electrons.